The number of piperidine rings is 1. The SMILES string of the molecule is O=C(NC1CCCNC1)c1ccc(NS(=O)(=O)c2ccc(F)cc2)cc1. The molecule has 6 nitrogen and oxygen atoms in total. The first-order valence-corrected chi connectivity index (χ1v) is 9.82. The molecule has 26 heavy (non-hydrogen) atoms. The molecule has 138 valence electrons. The summed E-state index contributed by atoms with van der Waals surface area (Å²) >= 11 is 0. The fraction of sp³-hybridized carbons (Fsp3) is 0.278. The number of carbonyl (C=O) groups is 1. The molecule has 1 fully saturated rings. The second-order valence-electron chi connectivity index (χ2n) is 6.15. The van der Waals surface area contributed by atoms with Crippen molar-refractivity contribution in [1.29, 1.82) is 0 Å². The van der Waals surface area contributed by atoms with Gasteiger partial charge in [0.25, 0.3) is 15.9 Å². The predicted octanol–water partition coefficient (Wildman–Crippen LogP) is 2.11. The lowest BCUT2D eigenvalue weighted by Gasteiger charge is -2.23. The number of amides is 1. The van der Waals surface area contributed by atoms with Gasteiger partial charge in [-0.1, -0.05) is 0 Å². The predicted molar refractivity (Wildman–Crippen MR) is 97.0 cm³/mol. The largest absolute Gasteiger partial charge is 0.348 e. The number of benzene rings is 2. The van der Waals surface area contributed by atoms with E-state index in [4.69, 9.17) is 0 Å². The fourth-order valence-electron chi connectivity index (χ4n) is 2.76. The maximum atomic E-state index is 12.9. The van der Waals surface area contributed by atoms with Crippen molar-refractivity contribution in [2.45, 2.75) is 23.8 Å². The van der Waals surface area contributed by atoms with Gasteiger partial charge in [0.15, 0.2) is 0 Å². The average Bonchev–Trinajstić information content (AvgIpc) is 2.63. The van der Waals surface area contributed by atoms with E-state index < -0.39 is 15.8 Å². The van der Waals surface area contributed by atoms with Gasteiger partial charge >= 0.3 is 0 Å². The lowest BCUT2D eigenvalue weighted by molar-refractivity contribution is 0.0930. The van der Waals surface area contributed by atoms with Crippen molar-refractivity contribution in [2.24, 2.45) is 0 Å². The van der Waals surface area contributed by atoms with Gasteiger partial charge in [-0.3, -0.25) is 9.52 Å². The third-order valence-corrected chi connectivity index (χ3v) is 5.55. The fourth-order valence-corrected chi connectivity index (χ4v) is 3.82. The average molecular weight is 377 g/mol. The molecule has 2 aromatic rings. The van der Waals surface area contributed by atoms with E-state index in [1.54, 1.807) is 12.1 Å². The molecule has 1 amide bonds. The zero-order valence-corrected chi connectivity index (χ0v) is 14.9. The van der Waals surface area contributed by atoms with Crippen molar-refractivity contribution in [3.63, 3.8) is 0 Å². The summed E-state index contributed by atoms with van der Waals surface area (Å²) in [5, 5.41) is 6.19. The first kappa shape index (κ1) is 18.3. The molecule has 0 aliphatic carbocycles. The first-order valence-electron chi connectivity index (χ1n) is 8.34. The summed E-state index contributed by atoms with van der Waals surface area (Å²) in [6.07, 6.45) is 1.96. The number of sulfonamides is 1. The van der Waals surface area contributed by atoms with Gasteiger partial charge in [0.1, 0.15) is 5.82 Å². The molecule has 0 radical (unpaired) electrons. The first-order chi connectivity index (χ1) is 12.4. The van der Waals surface area contributed by atoms with Crippen LogP contribution < -0.4 is 15.4 Å². The normalized spacial score (nSPS) is 17.5. The molecule has 2 aromatic carbocycles. The quantitative estimate of drug-likeness (QED) is 0.745. The van der Waals surface area contributed by atoms with Crippen LogP contribution in [0.2, 0.25) is 0 Å². The molecule has 1 aliphatic heterocycles. The van der Waals surface area contributed by atoms with Crippen LogP contribution in [0.4, 0.5) is 10.1 Å². The Labute approximate surface area is 151 Å². The molecular formula is C18H20FN3O3S. The van der Waals surface area contributed by atoms with Crippen LogP contribution in [0.1, 0.15) is 23.2 Å². The van der Waals surface area contributed by atoms with Crippen molar-refractivity contribution in [3.8, 4) is 0 Å². The summed E-state index contributed by atoms with van der Waals surface area (Å²) in [5.41, 5.74) is 0.783. The summed E-state index contributed by atoms with van der Waals surface area (Å²) in [6, 6.07) is 10.8. The second-order valence-corrected chi connectivity index (χ2v) is 7.84. The van der Waals surface area contributed by atoms with Crippen LogP contribution in [0.3, 0.4) is 0 Å². The number of anilines is 1. The minimum atomic E-state index is -3.81. The van der Waals surface area contributed by atoms with E-state index in [-0.39, 0.29) is 16.8 Å². The number of halogens is 1. The summed E-state index contributed by atoms with van der Waals surface area (Å²) in [4.78, 5) is 12.2. The molecule has 1 heterocycles. The van der Waals surface area contributed by atoms with E-state index in [9.17, 15) is 17.6 Å². The maximum absolute atomic E-state index is 12.9. The number of rotatable bonds is 5. The number of hydrogen-bond donors (Lipinski definition) is 3. The Kier molecular flexibility index (Phi) is 5.53. The van der Waals surface area contributed by atoms with Gasteiger partial charge in [-0.2, -0.15) is 0 Å². The Hall–Kier alpha value is -2.45. The highest BCUT2D eigenvalue weighted by molar-refractivity contribution is 7.92. The van der Waals surface area contributed by atoms with Gasteiger partial charge in [-0.25, -0.2) is 12.8 Å². The monoisotopic (exact) mass is 377 g/mol. The smallest absolute Gasteiger partial charge is 0.261 e. The standard InChI is InChI=1S/C18H20FN3O3S/c19-14-5-9-17(10-6-14)26(24,25)22-15-7-3-13(4-8-15)18(23)21-16-2-1-11-20-12-16/h3-10,16,20,22H,1-2,11-12H2,(H,21,23). The van der Waals surface area contributed by atoms with Crippen molar-refractivity contribution in [1.82, 2.24) is 10.6 Å². The van der Waals surface area contributed by atoms with E-state index in [1.807, 2.05) is 0 Å². The Morgan fingerprint density at radius 2 is 1.77 bits per heavy atom. The summed E-state index contributed by atoms with van der Waals surface area (Å²) < 4.78 is 39.9. The van der Waals surface area contributed by atoms with Crippen LogP contribution in [0.15, 0.2) is 53.4 Å². The molecule has 0 spiro atoms. The van der Waals surface area contributed by atoms with Crippen molar-refractivity contribution in [2.75, 3.05) is 17.8 Å². The molecule has 0 bridgehead atoms. The van der Waals surface area contributed by atoms with Gasteiger partial charge in [-0.05, 0) is 67.9 Å². The maximum Gasteiger partial charge on any atom is 0.261 e. The lowest BCUT2D eigenvalue weighted by Crippen LogP contribution is -2.45. The minimum Gasteiger partial charge on any atom is -0.348 e. The molecule has 0 saturated carbocycles. The topological polar surface area (TPSA) is 87.3 Å². The highest BCUT2D eigenvalue weighted by atomic mass is 32.2. The van der Waals surface area contributed by atoms with E-state index in [0.29, 0.717) is 11.3 Å². The molecule has 8 heteroatoms. The Morgan fingerprint density at radius 1 is 1.08 bits per heavy atom. The van der Waals surface area contributed by atoms with Gasteiger partial charge in [0.2, 0.25) is 0 Å². The molecular weight excluding hydrogens is 357 g/mol. The molecule has 1 unspecified atom stereocenters. The van der Waals surface area contributed by atoms with Gasteiger partial charge in [0.05, 0.1) is 4.90 Å². The molecule has 3 rings (SSSR count). The van der Waals surface area contributed by atoms with Crippen LogP contribution in [-0.4, -0.2) is 33.5 Å². The van der Waals surface area contributed by atoms with Crippen LogP contribution in [0.25, 0.3) is 0 Å². The van der Waals surface area contributed by atoms with Gasteiger partial charge in [0, 0.05) is 23.8 Å². The Bertz CT molecular complexity index is 862. The number of nitrogens with one attached hydrogen (secondary N) is 3. The van der Waals surface area contributed by atoms with Crippen LogP contribution in [0.5, 0.6) is 0 Å². The third-order valence-electron chi connectivity index (χ3n) is 4.16. The van der Waals surface area contributed by atoms with E-state index in [0.717, 1.165) is 38.1 Å². The van der Waals surface area contributed by atoms with E-state index in [1.165, 1.54) is 24.3 Å². The van der Waals surface area contributed by atoms with Crippen LogP contribution in [0, 0.1) is 5.82 Å². The Balaban J connectivity index is 1.65. The van der Waals surface area contributed by atoms with E-state index >= 15 is 0 Å². The summed E-state index contributed by atoms with van der Waals surface area (Å²) in [5.74, 6) is -0.695. The van der Waals surface area contributed by atoms with Gasteiger partial charge in [-0.15, -0.1) is 0 Å². The Morgan fingerprint density at radius 3 is 2.38 bits per heavy atom. The zero-order valence-electron chi connectivity index (χ0n) is 14.0. The third kappa shape index (κ3) is 4.59. The number of hydrogen-bond acceptors (Lipinski definition) is 4. The number of carbonyl (C=O) groups excluding carboxylic acids is 1. The minimum absolute atomic E-state index is 0.0366. The molecule has 3 N–H and O–H groups in total. The van der Waals surface area contributed by atoms with Crippen molar-refractivity contribution < 1.29 is 17.6 Å². The summed E-state index contributed by atoms with van der Waals surface area (Å²) in [7, 11) is -3.81. The van der Waals surface area contributed by atoms with Crippen LogP contribution >= 0.6 is 0 Å². The lowest BCUT2D eigenvalue weighted by atomic mass is 10.1. The molecule has 1 atom stereocenters. The molecule has 1 aliphatic rings. The molecule has 1 saturated heterocycles. The molecule has 0 aromatic heterocycles. The van der Waals surface area contributed by atoms with E-state index in [2.05, 4.69) is 15.4 Å². The van der Waals surface area contributed by atoms with Crippen LogP contribution in [-0.2, 0) is 10.0 Å². The second kappa shape index (κ2) is 7.84. The van der Waals surface area contributed by atoms with Gasteiger partial charge < -0.3 is 10.6 Å². The van der Waals surface area contributed by atoms with Crippen molar-refractivity contribution >= 4 is 21.6 Å². The summed E-state index contributed by atoms with van der Waals surface area (Å²) in [6.45, 7) is 1.72. The highest BCUT2D eigenvalue weighted by Crippen LogP contribution is 2.17. The zero-order chi connectivity index (χ0) is 18.6. The highest BCUT2D eigenvalue weighted by Gasteiger charge is 2.17. The van der Waals surface area contributed by atoms with Crippen molar-refractivity contribution in [3.05, 3.63) is 59.9 Å².